The van der Waals surface area contributed by atoms with Crippen LogP contribution in [0.5, 0.6) is 17.2 Å². The average molecular weight is 453 g/mol. The summed E-state index contributed by atoms with van der Waals surface area (Å²) in [5.41, 5.74) is 0.834. The molecule has 33 heavy (non-hydrogen) atoms. The lowest BCUT2D eigenvalue weighted by Gasteiger charge is -2.27. The Bertz CT molecular complexity index is 1070. The van der Waals surface area contributed by atoms with Gasteiger partial charge in [-0.25, -0.2) is 0 Å². The zero-order valence-electron chi connectivity index (χ0n) is 18.6. The van der Waals surface area contributed by atoms with Crippen molar-refractivity contribution in [3.8, 4) is 17.2 Å². The van der Waals surface area contributed by atoms with E-state index in [2.05, 4.69) is 0 Å². The summed E-state index contributed by atoms with van der Waals surface area (Å²) in [5, 5.41) is 21.5. The van der Waals surface area contributed by atoms with E-state index in [0.29, 0.717) is 30.1 Å². The molecular formula is C25H27NO7. The summed E-state index contributed by atoms with van der Waals surface area (Å²) in [7, 11) is 1.43. The van der Waals surface area contributed by atoms with Crippen LogP contribution in [0.1, 0.15) is 36.9 Å². The van der Waals surface area contributed by atoms with Crippen LogP contribution in [0.2, 0.25) is 0 Å². The quantitative estimate of drug-likeness (QED) is 0.376. The number of ketones is 1. The average Bonchev–Trinajstić information content (AvgIpc) is 3.42. The second-order valence-corrected chi connectivity index (χ2v) is 7.98. The molecular weight excluding hydrogens is 426 g/mol. The molecule has 2 aromatic carbocycles. The Labute approximate surface area is 192 Å². The molecule has 8 nitrogen and oxygen atoms in total. The topological polar surface area (TPSA) is 106 Å². The number of rotatable bonds is 7. The maximum Gasteiger partial charge on any atom is 0.295 e. The second-order valence-electron chi connectivity index (χ2n) is 7.98. The standard InChI is InChI=1S/C25H27NO7/c1-3-32-17-9-6-15(7-10-17)23(28)21-22(16-8-11-20(31-2)19(27)13-16)26(25(30)24(21)29)14-18-5-4-12-33-18/h6-11,13,18,22,27-28H,3-5,12,14H2,1-2H3/b23-21-. The van der Waals surface area contributed by atoms with Crippen molar-refractivity contribution in [2.45, 2.75) is 31.9 Å². The summed E-state index contributed by atoms with van der Waals surface area (Å²) in [5.74, 6) is -1.01. The fourth-order valence-corrected chi connectivity index (χ4v) is 4.33. The fraction of sp³-hybridized carbons (Fsp3) is 0.360. The highest BCUT2D eigenvalue weighted by Crippen LogP contribution is 2.42. The van der Waals surface area contributed by atoms with E-state index in [0.717, 1.165) is 12.8 Å². The number of phenolic OH excluding ortho intramolecular Hbond substituents is 1. The van der Waals surface area contributed by atoms with Crippen LogP contribution in [0, 0.1) is 0 Å². The maximum absolute atomic E-state index is 13.1. The Morgan fingerprint density at radius 2 is 1.94 bits per heavy atom. The molecule has 2 unspecified atom stereocenters. The molecule has 174 valence electrons. The van der Waals surface area contributed by atoms with E-state index in [1.54, 1.807) is 36.4 Å². The first-order chi connectivity index (χ1) is 15.9. The lowest BCUT2D eigenvalue weighted by molar-refractivity contribution is -0.140. The van der Waals surface area contributed by atoms with Gasteiger partial charge in [-0.3, -0.25) is 9.59 Å². The Morgan fingerprint density at radius 3 is 2.55 bits per heavy atom. The predicted octanol–water partition coefficient (Wildman–Crippen LogP) is 3.40. The number of Topliss-reactive ketones (excluding diaryl/α,β-unsaturated/α-hetero) is 1. The number of ether oxygens (including phenoxy) is 3. The van der Waals surface area contributed by atoms with Gasteiger partial charge in [-0.15, -0.1) is 0 Å². The van der Waals surface area contributed by atoms with Gasteiger partial charge in [-0.1, -0.05) is 6.07 Å². The van der Waals surface area contributed by atoms with Gasteiger partial charge in [0, 0.05) is 18.7 Å². The van der Waals surface area contributed by atoms with Crippen LogP contribution in [0.3, 0.4) is 0 Å². The molecule has 2 atom stereocenters. The Morgan fingerprint density at radius 1 is 1.18 bits per heavy atom. The van der Waals surface area contributed by atoms with Gasteiger partial charge in [-0.2, -0.15) is 0 Å². The van der Waals surface area contributed by atoms with Crippen LogP contribution < -0.4 is 9.47 Å². The van der Waals surface area contributed by atoms with Crippen molar-refractivity contribution in [1.82, 2.24) is 4.90 Å². The van der Waals surface area contributed by atoms with Gasteiger partial charge in [-0.05, 0) is 61.7 Å². The minimum absolute atomic E-state index is 0.0354. The summed E-state index contributed by atoms with van der Waals surface area (Å²) in [4.78, 5) is 27.6. The van der Waals surface area contributed by atoms with Crippen molar-refractivity contribution in [2.24, 2.45) is 0 Å². The number of methoxy groups -OCH3 is 1. The molecule has 2 aliphatic heterocycles. The number of phenols is 1. The Kier molecular flexibility index (Phi) is 6.55. The van der Waals surface area contributed by atoms with Crippen molar-refractivity contribution < 1.29 is 34.0 Å². The third-order valence-corrected chi connectivity index (χ3v) is 5.92. The van der Waals surface area contributed by atoms with Crippen LogP contribution in [-0.4, -0.2) is 59.8 Å². The number of aromatic hydroxyl groups is 1. The number of carbonyl (C=O) groups excluding carboxylic acids is 2. The molecule has 1 amide bonds. The van der Waals surface area contributed by atoms with Crippen molar-refractivity contribution in [2.75, 3.05) is 26.9 Å². The van der Waals surface area contributed by atoms with Crippen LogP contribution in [-0.2, 0) is 14.3 Å². The van der Waals surface area contributed by atoms with E-state index in [9.17, 15) is 19.8 Å². The summed E-state index contributed by atoms with van der Waals surface area (Å²) in [6.45, 7) is 3.19. The van der Waals surface area contributed by atoms with Crippen molar-refractivity contribution in [3.63, 3.8) is 0 Å². The van der Waals surface area contributed by atoms with E-state index in [1.807, 2.05) is 6.92 Å². The lowest BCUT2D eigenvalue weighted by atomic mass is 9.94. The smallest absolute Gasteiger partial charge is 0.295 e. The van der Waals surface area contributed by atoms with Gasteiger partial charge in [0.05, 0.1) is 31.4 Å². The third kappa shape index (κ3) is 4.39. The molecule has 2 heterocycles. The first-order valence-corrected chi connectivity index (χ1v) is 10.9. The van der Waals surface area contributed by atoms with Crippen LogP contribution in [0.15, 0.2) is 48.0 Å². The van der Waals surface area contributed by atoms with Gasteiger partial charge in [0.2, 0.25) is 0 Å². The van der Waals surface area contributed by atoms with Gasteiger partial charge in [0.1, 0.15) is 11.5 Å². The molecule has 2 saturated heterocycles. The molecule has 0 saturated carbocycles. The molecule has 2 aliphatic rings. The first kappa shape index (κ1) is 22.7. The number of nitrogens with zero attached hydrogens (tertiary/aromatic N) is 1. The van der Waals surface area contributed by atoms with Crippen LogP contribution in [0.25, 0.3) is 5.76 Å². The summed E-state index contributed by atoms with van der Waals surface area (Å²) >= 11 is 0. The van der Waals surface area contributed by atoms with Gasteiger partial charge in [0.25, 0.3) is 11.7 Å². The SMILES string of the molecule is CCOc1ccc(/C(O)=C2/C(=O)C(=O)N(CC3CCCO3)C2c2ccc(OC)c(O)c2)cc1. The minimum Gasteiger partial charge on any atom is -0.507 e. The van der Waals surface area contributed by atoms with E-state index >= 15 is 0 Å². The molecule has 0 aromatic heterocycles. The van der Waals surface area contributed by atoms with E-state index in [1.165, 1.54) is 18.1 Å². The Hall–Kier alpha value is -3.52. The highest BCUT2D eigenvalue weighted by Gasteiger charge is 2.47. The summed E-state index contributed by atoms with van der Waals surface area (Å²) < 4.78 is 16.3. The number of amides is 1. The first-order valence-electron chi connectivity index (χ1n) is 10.9. The number of aliphatic hydroxyl groups is 1. The number of hydrogen-bond acceptors (Lipinski definition) is 7. The van der Waals surface area contributed by atoms with Crippen molar-refractivity contribution in [1.29, 1.82) is 0 Å². The highest BCUT2D eigenvalue weighted by atomic mass is 16.5. The molecule has 0 bridgehead atoms. The molecule has 0 aliphatic carbocycles. The van der Waals surface area contributed by atoms with Gasteiger partial charge < -0.3 is 29.3 Å². The number of carbonyl (C=O) groups is 2. The molecule has 0 spiro atoms. The molecule has 0 radical (unpaired) electrons. The second kappa shape index (κ2) is 9.54. The number of benzene rings is 2. The molecule has 2 aromatic rings. The van der Waals surface area contributed by atoms with E-state index in [-0.39, 0.29) is 35.5 Å². The Balaban J connectivity index is 1.80. The predicted molar refractivity (Wildman–Crippen MR) is 120 cm³/mol. The summed E-state index contributed by atoms with van der Waals surface area (Å²) in [6, 6.07) is 10.5. The molecule has 4 rings (SSSR count). The lowest BCUT2D eigenvalue weighted by Crippen LogP contribution is -2.36. The molecule has 2 fully saturated rings. The highest BCUT2D eigenvalue weighted by molar-refractivity contribution is 6.46. The van der Waals surface area contributed by atoms with Crippen LogP contribution >= 0.6 is 0 Å². The zero-order valence-corrected chi connectivity index (χ0v) is 18.6. The van der Waals surface area contributed by atoms with E-state index < -0.39 is 17.7 Å². The van der Waals surface area contributed by atoms with Gasteiger partial charge >= 0.3 is 0 Å². The van der Waals surface area contributed by atoms with Gasteiger partial charge in [0.15, 0.2) is 11.5 Å². The summed E-state index contributed by atoms with van der Waals surface area (Å²) in [6.07, 6.45) is 1.47. The number of aliphatic hydroxyl groups excluding tert-OH is 1. The zero-order chi connectivity index (χ0) is 23.5. The number of hydrogen-bond donors (Lipinski definition) is 2. The van der Waals surface area contributed by atoms with Crippen molar-refractivity contribution >= 4 is 17.4 Å². The van der Waals surface area contributed by atoms with Crippen molar-refractivity contribution in [3.05, 3.63) is 59.2 Å². The maximum atomic E-state index is 13.1. The monoisotopic (exact) mass is 453 g/mol. The molecule has 2 N–H and O–H groups in total. The molecule has 8 heteroatoms. The normalized spacial score (nSPS) is 22.1. The largest absolute Gasteiger partial charge is 0.507 e. The third-order valence-electron chi connectivity index (χ3n) is 5.92. The number of likely N-dealkylation sites (tertiary alicyclic amines) is 1. The fourth-order valence-electron chi connectivity index (χ4n) is 4.33. The minimum atomic E-state index is -0.877. The van der Waals surface area contributed by atoms with E-state index in [4.69, 9.17) is 14.2 Å². The van der Waals surface area contributed by atoms with Crippen LogP contribution in [0.4, 0.5) is 0 Å².